The van der Waals surface area contributed by atoms with Crippen LogP contribution >= 0.6 is 15.9 Å². The van der Waals surface area contributed by atoms with E-state index in [-0.39, 0.29) is 6.54 Å². The van der Waals surface area contributed by atoms with E-state index in [0.29, 0.717) is 13.0 Å². The Labute approximate surface area is 108 Å². The highest BCUT2D eigenvalue weighted by molar-refractivity contribution is 9.10. The van der Waals surface area contributed by atoms with Crippen molar-refractivity contribution in [3.63, 3.8) is 0 Å². The lowest BCUT2D eigenvalue weighted by molar-refractivity contribution is 0.0874. The molecular weight excluding hydrogens is 292 g/mol. The lowest BCUT2D eigenvalue weighted by atomic mass is 10.1. The summed E-state index contributed by atoms with van der Waals surface area (Å²) in [5.41, 5.74) is 0.796. The van der Waals surface area contributed by atoms with Crippen molar-refractivity contribution in [2.24, 2.45) is 0 Å². The van der Waals surface area contributed by atoms with Crippen LogP contribution in [0.25, 0.3) is 0 Å². The number of aliphatic hydroxyl groups excluding tert-OH is 1. The summed E-state index contributed by atoms with van der Waals surface area (Å²) in [4.78, 5) is 1.52. The Bertz CT molecular complexity index is 349. The molecule has 0 saturated heterocycles. The average Bonchev–Trinajstić information content (AvgIpc) is 2.25. The second kappa shape index (κ2) is 7.03. The Balaban J connectivity index is 2.42. The first-order valence-corrected chi connectivity index (χ1v) is 6.18. The van der Waals surface area contributed by atoms with Crippen LogP contribution in [0.4, 0.5) is 8.78 Å². The summed E-state index contributed by atoms with van der Waals surface area (Å²) < 4.78 is 25.0. The quantitative estimate of drug-likeness (QED) is 0.873. The van der Waals surface area contributed by atoms with E-state index in [4.69, 9.17) is 0 Å². The normalized spacial score (nSPS) is 13.4. The van der Waals surface area contributed by atoms with Crippen LogP contribution in [0.5, 0.6) is 0 Å². The number of rotatable bonds is 6. The van der Waals surface area contributed by atoms with Crippen LogP contribution in [0.15, 0.2) is 28.7 Å². The van der Waals surface area contributed by atoms with Crippen LogP contribution in [-0.2, 0) is 0 Å². The molecule has 0 spiro atoms. The number of aliphatic hydroxyl groups is 1. The summed E-state index contributed by atoms with van der Waals surface area (Å²) >= 11 is 3.32. The number of benzene rings is 1. The fraction of sp³-hybridized carbons (Fsp3) is 0.500. The Kier molecular flexibility index (Phi) is 6.02. The topological polar surface area (TPSA) is 23.5 Å². The molecule has 0 aliphatic heterocycles. The predicted octanol–water partition coefficient (Wildman–Crippen LogP) is 3.07. The van der Waals surface area contributed by atoms with Crippen LogP contribution in [-0.4, -0.2) is 36.6 Å². The van der Waals surface area contributed by atoms with Crippen molar-refractivity contribution < 1.29 is 13.9 Å². The van der Waals surface area contributed by atoms with E-state index in [1.54, 1.807) is 7.05 Å². The van der Waals surface area contributed by atoms with Gasteiger partial charge in [-0.05, 0) is 31.2 Å². The van der Waals surface area contributed by atoms with E-state index in [1.165, 1.54) is 4.90 Å². The molecule has 17 heavy (non-hydrogen) atoms. The second-order valence-corrected chi connectivity index (χ2v) is 4.93. The maximum atomic E-state index is 12.1. The molecule has 1 atom stereocenters. The summed E-state index contributed by atoms with van der Waals surface area (Å²) in [5.74, 6) is 0. The SMILES string of the molecule is CN(CCC(O)c1cccc(Br)c1)CC(F)F. The molecular formula is C12H16BrF2NO. The van der Waals surface area contributed by atoms with Gasteiger partial charge >= 0.3 is 0 Å². The molecule has 1 aromatic carbocycles. The molecule has 0 amide bonds. The molecule has 5 heteroatoms. The van der Waals surface area contributed by atoms with Gasteiger partial charge in [0.1, 0.15) is 0 Å². The third kappa shape index (κ3) is 5.57. The fourth-order valence-corrected chi connectivity index (χ4v) is 1.97. The number of nitrogens with zero attached hydrogens (tertiary/aromatic N) is 1. The third-order valence-corrected chi connectivity index (χ3v) is 2.96. The van der Waals surface area contributed by atoms with Crippen molar-refractivity contribution in [3.8, 4) is 0 Å². The van der Waals surface area contributed by atoms with Crippen molar-refractivity contribution in [1.29, 1.82) is 0 Å². The van der Waals surface area contributed by atoms with Gasteiger partial charge in [-0.1, -0.05) is 28.1 Å². The maximum absolute atomic E-state index is 12.1. The number of hydrogen-bond donors (Lipinski definition) is 1. The molecule has 0 aromatic heterocycles. The largest absolute Gasteiger partial charge is 0.388 e. The zero-order valence-corrected chi connectivity index (χ0v) is 11.2. The van der Waals surface area contributed by atoms with E-state index in [9.17, 15) is 13.9 Å². The zero-order chi connectivity index (χ0) is 12.8. The first-order valence-electron chi connectivity index (χ1n) is 5.39. The van der Waals surface area contributed by atoms with Gasteiger partial charge in [-0.2, -0.15) is 0 Å². The van der Waals surface area contributed by atoms with E-state index < -0.39 is 12.5 Å². The monoisotopic (exact) mass is 307 g/mol. The molecule has 0 radical (unpaired) electrons. The van der Waals surface area contributed by atoms with Crippen LogP contribution in [0.1, 0.15) is 18.1 Å². The highest BCUT2D eigenvalue weighted by Gasteiger charge is 2.11. The van der Waals surface area contributed by atoms with Gasteiger partial charge < -0.3 is 10.0 Å². The third-order valence-electron chi connectivity index (χ3n) is 2.47. The van der Waals surface area contributed by atoms with Gasteiger partial charge in [-0.3, -0.25) is 0 Å². The van der Waals surface area contributed by atoms with Crippen molar-refractivity contribution in [3.05, 3.63) is 34.3 Å². The highest BCUT2D eigenvalue weighted by atomic mass is 79.9. The number of hydrogen-bond acceptors (Lipinski definition) is 2. The van der Waals surface area contributed by atoms with Crippen molar-refractivity contribution in [2.75, 3.05) is 20.1 Å². The molecule has 0 heterocycles. The van der Waals surface area contributed by atoms with Crippen molar-refractivity contribution in [2.45, 2.75) is 19.0 Å². The predicted molar refractivity (Wildman–Crippen MR) is 67.2 cm³/mol. The van der Waals surface area contributed by atoms with Crippen LogP contribution in [0.2, 0.25) is 0 Å². The first kappa shape index (κ1) is 14.5. The Morgan fingerprint density at radius 3 is 2.71 bits per heavy atom. The summed E-state index contributed by atoms with van der Waals surface area (Å²) in [5, 5.41) is 9.89. The van der Waals surface area contributed by atoms with Crippen molar-refractivity contribution >= 4 is 15.9 Å². The minimum Gasteiger partial charge on any atom is -0.388 e. The second-order valence-electron chi connectivity index (χ2n) is 4.01. The molecule has 1 unspecified atom stereocenters. The zero-order valence-electron chi connectivity index (χ0n) is 9.61. The Morgan fingerprint density at radius 2 is 2.12 bits per heavy atom. The van der Waals surface area contributed by atoms with E-state index in [2.05, 4.69) is 15.9 Å². The first-order chi connectivity index (χ1) is 7.99. The minimum atomic E-state index is -2.33. The van der Waals surface area contributed by atoms with Gasteiger partial charge in [0.2, 0.25) is 0 Å². The van der Waals surface area contributed by atoms with Gasteiger partial charge in [-0.25, -0.2) is 8.78 Å². The van der Waals surface area contributed by atoms with Crippen molar-refractivity contribution in [1.82, 2.24) is 4.90 Å². The van der Waals surface area contributed by atoms with Crippen LogP contribution < -0.4 is 0 Å². The molecule has 1 aromatic rings. The van der Waals surface area contributed by atoms with E-state index >= 15 is 0 Å². The highest BCUT2D eigenvalue weighted by Crippen LogP contribution is 2.20. The fourth-order valence-electron chi connectivity index (χ4n) is 1.55. The maximum Gasteiger partial charge on any atom is 0.251 e. The smallest absolute Gasteiger partial charge is 0.251 e. The van der Waals surface area contributed by atoms with E-state index in [1.807, 2.05) is 24.3 Å². The summed E-state index contributed by atoms with van der Waals surface area (Å²) in [6, 6.07) is 7.37. The molecule has 0 aliphatic carbocycles. The lowest BCUT2D eigenvalue weighted by Crippen LogP contribution is -2.26. The summed E-state index contributed by atoms with van der Waals surface area (Å²) in [6.07, 6.45) is -2.50. The summed E-state index contributed by atoms with van der Waals surface area (Å²) in [7, 11) is 1.62. The van der Waals surface area contributed by atoms with Gasteiger partial charge in [-0.15, -0.1) is 0 Å². The van der Waals surface area contributed by atoms with Gasteiger partial charge in [0.25, 0.3) is 6.43 Å². The Morgan fingerprint density at radius 1 is 1.41 bits per heavy atom. The van der Waals surface area contributed by atoms with E-state index in [0.717, 1.165) is 10.0 Å². The minimum absolute atomic E-state index is 0.259. The molecule has 1 N–H and O–H groups in total. The molecule has 1 rings (SSSR count). The standard InChI is InChI=1S/C12H16BrF2NO/c1-16(8-12(14)15)6-5-11(17)9-3-2-4-10(13)7-9/h2-4,7,11-12,17H,5-6,8H2,1H3. The summed E-state index contributed by atoms with van der Waals surface area (Å²) in [6.45, 7) is 0.184. The Hall–Kier alpha value is -0.520. The molecule has 0 saturated carbocycles. The number of alkyl halides is 2. The molecule has 0 fully saturated rings. The molecule has 2 nitrogen and oxygen atoms in total. The van der Waals surface area contributed by atoms with Crippen LogP contribution in [0, 0.1) is 0 Å². The van der Waals surface area contributed by atoms with Crippen LogP contribution in [0.3, 0.4) is 0 Å². The average molecular weight is 308 g/mol. The van der Waals surface area contributed by atoms with Gasteiger partial charge in [0.15, 0.2) is 0 Å². The van der Waals surface area contributed by atoms with Gasteiger partial charge in [0.05, 0.1) is 12.6 Å². The molecule has 96 valence electrons. The van der Waals surface area contributed by atoms with Gasteiger partial charge in [0, 0.05) is 11.0 Å². The molecule has 0 aliphatic rings. The number of halogens is 3. The molecule has 0 bridgehead atoms. The lowest BCUT2D eigenvalue weighted by Gasteiger charge is -2.18.